The molecule has 9 heteroatoms. The van der Waals surface area contributed by atoms with Crippen molar-refractivity contribution < 1.29 is 19.4 Å². The van der Waals surface area contributed by atoms with Crippen molar-refractivity contribution in [1.29, 1.82) is 0 Å². The Labute approximate surface area is 124 Å². The highest BCUT2D eigenvalue weighted by atomic mass is 32.2. The molecule has 2 rings (SSSR count). The number of hydrogen-bond donors (Lipinski definition) is 1. The average Bonchev–Trinajstić information content (AvgIpc) is 2.85. The second kappa shape index (κ2) is 6.35. The van der Waals surface area contributed by atoms with Gasteiger partial charge in [-0.25, -0.2) is 4.68 Å². The van der Waals surface area contributed by atoms with E-state index in [9.17, 15) is 9.90 Å². The third-order valence-corrected chi connectivity index (χ3v) is 3.54. The van der Waals surface area contributed by atoms with Crippen molar-refractivity contribution in [3.05, 3.63) is 18.2 Å². The summed E-state index contributed by atoms with van der Waals surface area (Å²) in [5.41, 5.74) is 0.669. The predicted octanol–water partition coefficient (Wildman–Crippen LogP) is -0.482. The number of carboxylic acid groups (broad SMARTS) is 1. The molecule has 0 atom stereocenters. The molecule has 0 aliphatic heterocycles. The number of hydrogen-bond acceptors (Lipinski definition) is 8. The maximum Gasteiger partial charge on any atom is 0.210 e. The lowest BCUT2D eigenvalue weighted by atomic mass is 10.2. The molecule has 0 saturated carbocycles. The number of ether oxygens (including phenoxy) is 2. The summed E-state index contributed by atoms with van der Waals surface area (Å²) in [6, 6.07) is 5.18. The first-order valence-electron chi connectivity index (χ1n) is 5.82. The van der Waals surface area contributed by atoms with Crippen molar-refractivity contribution in [2.75, 3.05) is 25.8 Å². The SMILES string of the molecule is COc1ccc(-c2nnc(SCC(=O)[O-])n2N)cc1OC. The number of carbonyl (C=O) groups excluding carboxylic acids is 1. The zero-order valence-electron chi connectivity index (χ0n) is 11.4. The number of thioether (sulfide) groups is 1. The molecule has 0 saturated heterocycles. The first-order valence-corrected chi connectivity index (χ1v) is 6.81. The summed E-state index contributed by atoms with van der Waals surface area (Å²) in [6.07, 6.45) is 0. The summed E-state index contributed by atoms with van der Waals surface area (Å²) < 4.78 is 11.6. The van der Waals surface area contributed by atoms with Crippen molar-refractivity contribution in [1.82, 2.24) is 14.9 Å². The Kier molecular flexibility index (Phi) is 4.53. The van der Waals surface area contributed by atoms with Crippen molar-refractivity contribution in [3.8, 4) is 22.9 Å². The zero-order chi connectivity index (χ0) is 15.4. The van der Waals surface area contributed by atoms with Crippen LogP contribution in [-0.2, 0) is 4.79 Å². The average molecular weight is 309 g/mol. The van der Waals surface area contributed by atoms with Crippen LogP contribution in [-0.4, -0.2) is 40.8 Å². The molecule has 0 amide bonds. The molecule has 2 N–H and O–H groups in total. The number of nitrogen functional groups attached to an aromatic ring is 1. The van der Waals surface area contributed by atoms with Crippen LogP contribution in [0.1, 0.15) is 0 Å². The van der Waals surface area contributed by atoms with E-state index in [1.165, 1.54) is 18.9 Å². The van der Waals surface area contributed by atoms with E-state index < -0.39 is 5.97 Å². The molecule has 8 nitrogen and oxygen atoms in total. The Morgan fingerprint density at radius 1 is 1.33 bits per heavy atom. The monoisotopic (exact) mass is 309 g/mol. The third kappa shape index (κ3) is 3.19. The van der Waals surface area contributed by atoms with E-state index in [4.69, 9.17) is 15.3 Å². The van der Waals surface area contributed by atoms with Crippen LogP contribution in [0.25, 0.3) is 11.4 Å². The van der Waals surface area contributed by atoms with Crippen LogP contribution in [0.5, 0.6) is 11.5 Å². The number of carboxylic acids is 1. The molecule has 0 radical (unpaired) electrons. The van der Waals surface area contributed by atoms with Gasteiger partial charge in [0.1, 0.15) is 0 Å². The van der Waals surface area contributed by atoms with Crippen LogP contribution >= 0.6 is 11.8 Å². The highest BCUT2D eigenvalue weighted by Gasteiger charge is 2.14. The molecular weight excluding hydrogens is 296 g/mol. The van der Waals surface area contributed by atoms with Crippen molar-refractivity contribution in [2.24, 2.45) is 0 Å². The second-order valence-electron chi connectivity index (χ2n) is 3.91. The van der Waals surface area contributed by atoms with Crippen molar-refractivity contribution in [2.45, 2.75) is 5.16 Å². The fourth-order valence-electron chi connectivity index (χ4n) is 1.67. The van der Waals surface area contributed by atoms with Crippen LogP contribution in [0.2, 0.25) is 0 Å². The highest BCUT2D eigenvalue weighted by molar-refractivity contribution is 7.99. The molecule has 21 heavy (non-hydrogen) atoms. The van der Waals surface area contributed by atoms with Crippen LogP contribution in [0, 0.1) is 0 Å². The van der Waals surface area contributed by atoms with Gasteiger partial charge in [-0.15, -0.1) is 10.2 Å². The minimum absolute atomic E-state index is 0.249. The fourth-order valence-corrected chi connectivity index (χ4v) is 2.24. The Bertz CT molecular complexity index is 659. The van der Waals surface area contributed by atoms with E-state index in [1.807, 2.05) is 0 Å². The summed E-state index contributed by atoms with van der Waals surface area (Å²) in [7, 11) is 3.06. The van der Waals surface area contributed by atoms with Crippen LogP contribution in [0.3, 0.4) is 0 Å². The smallest absolute Gasteiger partial charge is 0.210 e. The lowest BCUT2D eigenvalue weighted by molar-refractivity contribution is -0.301. The van der Waals surface area contributed by atoms with E-state index in [2.05, 4.69) is 10.2 Å². The number of methoxy groups -OCH3 is 2. The molecule has 0 unspecified atom stereocenters. The van der Waals surface area contributed by atoms with Gasteiger partial charge >= 0.3 is 0 Å². The van der Waals surface area contributed by atoms with Crippen LogP contribution in [0.15, 0.2) is 23.4 Å². The summed E-state index contributed by atoms with van der Waals surface area (Å²) in [6.45, 7) is 0. The maximum absolute atomic E-state index is 10.5. The number of aromatic nitrogens is 3. The van der Waals surface area contributed by atoms with Gasteiger partial charge in [-0.1, -0.05) is 11.8 Å². The molecule has 0 aliphatic rings. The molecule has 1 aromatic heterocycles. The first kappa shape index (κ1) is 15.0. The molecule has 0 bridgehead atoms. The topological polar surface area (TPSA) is 115 Å². The number of nitrogens with two attached hydrogens (primary N) is 1. The van der Waals surface area contributed by atoms with Gasteiger partial charge in [0.25, 0.3) is 0 Å². The Balaban J connectivity index is 2.32. The standard InChI is InChI=1S/C12H14N4O4S/c1-19-8-4-3-7(5-9(8)20-2)11-14-15-12(16(11)13)21-6-10(17)18/h3-5H,6,13H2,1-2H3,(H,17,18)/p-1. The quantitative estimate of drug-likeness (QED) is 0.562. The van der Waals surface area contributed by atoms with Gasteiger partial charge in [0, 0.05) is 11.3 Å². The van der Waals surface area contributed by atoms with Gasteiger partial charge in [-0.2, -0.15) is 0 Å². The summed E-state index contributed by atoms with van der Waals surface area (Å²) in [4.78, 5) is 10.5. The van der Waals surface area contributed by atoms with Crippen LogP contribution in [0.4, 0.5) is 0 Å². The van der Waals surface area contributed by atoms with Crippen LogP contribution < -0.4 is 20.4 Å². The number of benzene rings is 1. The van der Waals surface area contributed by atoms with E-state index in [0.717, 1.165) is 11.8 Å². The Morgan fingerprint density at radius 2 is 2.05 bits per heavy atom. The van der Waals surface area contributed by atoms with E-state index >= 15 is 0 Å². The van der Waals surface area contributed by atoms with Crippen molar-refractivity contribution in [3.63, 3.8) is 0 Å². The minimum atomic E-state index is -1.20. The lowest BCUT2D eigenvalue weighted by Gasteiger charge is -2.09. The molecule has 1 aromatic carbocycles. The largest absolute Gasteiger partial charge is 0.549 e. The number of aliphatic carboxylic acids is 1. The lowest BCUT2D eigenvalue weighted by Crippen LogP contribution is -2.24. The summed E-state index contributed by atoms with van der Waals surface area (Å²) in [5.74, 6) is 5.92. The molecule has 1 heterocycles. The number of rotatable bonds is 6. The van der Waals surface area contributed by atoms with E-state index in [1.54, 1.807) is 18.2 Å². The molecule has 0 fully saturated rings. The van der Waals surface area contributed by atoms with Gasteiger partial charge in [0.05, 0.1) is 20.2 Å². The zero-order valence-corrected chi connectivity index (χ0v) is 12.2. The maximum atomic E-state index is 10.5. The normalized spacial score (nSPS) is 10.4. The molecular formula is C12H13N4O4S-. The van der Waals surface area contributed by atoms with Gasteiger partial charge in [0.15, 0.2) is 17.3 Å². The first-order chi connectivity index (χ1) is 10.1. The predicted molar refractivity (Wildman–Crippen MR) is 74.4 cm³/mol. The van der Waals surface area contributed by atoms with Crippen molar-refractivity contribution >= 4 is 17.7 Å². The number of nitrogens with zero attached hydrogens (tertiary/aromatic N) is 3. The van der Waals surface area contributed by atoms with Gasteiger partial charge in [-0.05, 0) is 18.2 Å². The second-order valence-corrected chi connectivity index (χ2v) is 4.85. The Morgan fingerprint density at radius 3 is 2.67 bits per heavy atom. The number of carbonyl (C=O) groups is 1. The fraction of sp³-hybridized carbons (Fsp3) is 0.250. The van der Waals surface area contributed by atoms with E-state index in [0.29, 0.717) is 22.9 Å². The molecule has 112 valence electrons. The molecule has 0 aliphatic carbocycles. The minimum Gasteiger partial charge on any atom is -0.549 e. The van der Waals surface area contributed by atoms with Gasteiger partial charge in [-0.3, -0.25) is 0 Å². The third-order valence-electron chi connectivity index (χ3n) is 2.63. The summed E-state index contributed by atoms with van der Waals surface area (Å²) in [5, 5.41) is 18.5. The Hall–Kier alpha value is -2.42. The van der Waals surface area contributed by atoms with Gasteiger partial charge < -0.3 is 25.2 Å². The summed E-state index contributed by atoms with van der Waals surface area (Å²) >= 11 is 0.935. The molecule has 2 aromatic rings. The molecule has 0 spiro atoms. The van der Waals surface area contributed by atoms with E-state index in [-0.39, 0.29) is 10.9 Å². The highest BCUT2D eigenvalue weighted by Crippen LogP contribution is 2.32. The van der Waals surface area contributed by atoms with Gasteiger partial charge in [0.2, 0.25) is 5.16 Å².